The number of ether oxygens (including phenoxy) is 1. The van der Waals surface area contributed by atoms with E-state index < -0.39 is 11.4 Å². The van der Waals surface area contributed by atoms with Gasteiger partial charge in [-0.15, -0.1) is 0 Å². The minimum atomic E-state index is -0.656. The fourth-order valence-electron chi connectivity index (χ4n) is 4.50. The van der Waals surface area contributed by atoms with Crippen LogP contribution in [0.5, 0.6) is 6.01 Å². The molecule has 12 heteroatoms. The first-order valence-electron chi connectivity index (χ1n) is 11.5. The van der Waals surface area contributed by atoms with Gasteiger partial charge in [0.15, 0.2) is 17.5 Å². The van der Waals surface area contributed by atoms with Gasteiger partial charge in [-0.2, -0.15) is 10.1 Å². The molecule has 1 fully saturated rings. The number of nitrogens with one attached hydrogen (secondary N) is 2. The van der Waals surface area contributed by atoms with Gasteiger partial charge in [-0.25, -0.2) is 14.2 Å². The molecule has 0 bridgehead atoms. The molecule has 2 aliphatic rings. The van der Waals surface area contributed by atoms with Crippen LogP contribution in [0.1, 0.15) is 52.8 Å². The largest absolute Gasteiger partial charge is 0.463 e. The maximum atomic E-state index is 14.4. The fraction of sp³-hybridized carbons (Fsp3) is 0.652. The molecule has 0 aliphatic carbocycles. The molecule has 2 aromatic rings. The molecule has 2 aromatic heterocycles. The summed E-state index contributed by atoms with van der Waals surface area (Å²) in [6, 6.07) is 0.344. The van der Waals surface area contributed by atoms with Crippen molar-refractivity contribution in [3.63, 3.8) is 0 Å². The summed E-state index contributed by atoms with van der Waals surface area (Å²) in [6.45, 7) is 10.1. The third-order valence-electron chi connectivity index (χ3n) is 6.74. The monoisotopic (exact) mass is 492 g/mol. The Labute approximate surface area is 205 Å². The molecule has 1 saturated heterocycles. The van der Waals surface area contributed by atoms with Gasteiger partial charge in [0.25, 0.3) is 0 Å². The number of hydrogen-bond acceptors (Lipinski definition) is 8. The highest BCUT2D eigenvalue weighted by Gasteiger charge is 2.46. The summed E-state index contributed by atoms with van der Waals surface area (Å²) in [6.07, 6.45) is 1.44. The molecule has 194 valence electrons. The number of urea groups is 1. The molecular formula is C23H37FN8O3. The van der Waals surface area contributed by atoms with Crippen molar-refractivity contribution >= 4 is 17.7 Å². The number of carbonyl (C=O) groups excluding carboxylic acids is 1. The number of aromatic amines is 1. The van der Waals surface area contributed by atoms with E-state index in [0.717, 1.165) is 24.0 Å². The van der Waals surface area contributed by atoms with Gasteiger partial charge >= 0.3 is 12.0 Å². The Bertz CT molecular complexity index is 1050. The molecule has 4 heterocycles. The summed E-state index contributed by atoms with van der Waals surface area (Å²) in [5.41, 5.74) is 0.968. The minimum Gasteiger partial charge on any atom is -0.463 e. The van der Waals surface area contributed by atoms with Crippen LogP contribution in [0.25, 0.3) is 0 Å². The van der Waals surface area contributed by atoms with Crippen molar-refractivity contribution in [2.45, 2.75) is 65.7 Å². The van der Waals surface area contributed by atoms with Gasteiger partial charge in [0.2, 0.25) is 0 Å². The van der Waals surface area contributed by atoms with Gasteiger partial charge in [-0.05, 0) is 34.7 Å². The standard InChI is InChI=1S/C22H33FN8O3.CH4/c1-13-11-30(14(2)10-29(13)5)21(33)31-12-15-17(22(31,3)4)27-28-18(15)25-19-16(23)9-24-20(26-19)34-8-6-7-32;/h9,13-14,32H,6-8,10-12H2,1-5H3,(H2,24,25,26,27,28);1H4/t13-,14+;/m1./s1. The lowest BCUT2D eigenvalue weighted by molar-refractivity contribution is 0.0457. The summed E-state index contributed by atoms with van der Waals surface area (Å²) >= 11 is 0. The van der Waals surface area contributed by atoms with Crippen molar-refractivity contribution in [1.29, 1.82) is 0 Å². The normalized spacial score (nSPS) is 21.5. The Hall–Kier alpha value is -2.99. The number of aromatic nitrogens is 4. The highest BCUT2D eigenvalue weighted by atomic mass is 19.1. The van der Waals surface area contributed by atoms with Crippen LogP contribution in [0.3, 0.4) is 0 Å². The summed E-state index contributed by atoms with van der Waals surface area (Å²) < 4.78 is 19.8. The van der Waals surface area contributed by atoms with E-state index in [1.54, 1.807) is 0 Å². The highest BCUT2D eigenvalue weighted by molar-refractivity contribution is 5.78. The number of hydrogen-bond donors (Lipinski definition) is 3. The van der Waals surface area contributed by atoms with Crippen LogP contribution in [0.4, 0.5) is 20.8 Å². The molecule has 0 radical (unpaired) electrons. The predicted octanol–water partition coefficient (Wildman–Crippen LogP) is 2.67. The summed E-state index contributed by atoms with van der Waals surface area (Å²) in [5, 5.41) is 19.2. The van der Waals surface area contributed by atoms with Gasteiger partial charge < -0.3 is 25.0 Å². The van der Waals surface area contributed by atoms with Gasteiger partial charge in [0.05, 0.1) is 30.6 Å². The molecule has 3 N–H and O–H groups in total. The molecular weight excluding hydrogens is 455 g/mol. The minimum absolute atomic E-state index is 0. The van der Waals surface area contributed by atoms with Crippen molar-refractivity contribution in [3.05, 3.63) is 23.3 Å². The molecule has 4 rings (SSSR count). The number of H-pyrrole nitrogens is 1. The average molecular weight is 493 g/mol. The number of fused-ring (bicyclic) bond motifs is 1. The van der Waals surface area contributed by atoms with Crippen molar-refractivity contribution in [1.82, 2.24) is 34.9 Å². The number of likely N-dealkylation sites (N-methyl/N-ethyl adjacent to an activating group) is 1. The first kappa shape index (κ1) is 26.6. The Balaban J connectivity index is 0.00000342. The number of carbonyl (C=O) groups is 1. The van der Waals surface area contributed by atoms with E-state index in [2.05, 4.69) is 51.3 Å². The SMILES string of the molecule is C.C[C@@H]1CN(C(=O)N2Cc3c(Nc4nc(OCCCO)ncc4F)n[nH]c3C2(C)C)[C@@H](C)CN1C. The smallest absolute Gasteiger partial charge is 0.321 e. The lowest BCUT2D eigenvalue weighted by Crippen LogP contribution is -2.60. The van der Waals surface area contributed by atoms with Crippen LogP contribution in [0.2, 0.25) is 0 Å². The number of piperazine rings is 1. The molecule has 2 aliphatic heterocycles. The first-order chi connectivity index (χ1) is 16.1. The van der Waals surface area contributed by atoms with E-state index in [4.69, 9.17) is 9.84 Å². The highest BCUT2D eigenvalue weighted by Crippen LogP contribution is 2.42. The van der Waals surface area contributed by atoms with Crippen LogP contribution in [-0.4, -0.2) is 91.4 Å². The van der Waals surface area contributed by atoms with Gasteiger partial charge in [-0.1, -0.05) is 7.43 Å². The van der Waals surface area contributed by atoms with Crippen LogP contribution in [0, 0.1) is 5.82 Å². The fourth-order valence-corrected chi connectivity index (χ4v) is 4.50. The predicted molar refractivity (Wildman–Crippen MR) is 130 cm³/mol. The molecule has 0 spiro atoms. The van der Waals surface area contributed by atoms with Crippen molar-refractivity contribution in [2.75, 3.05) is 38.7 Å². The molecule has 11 nitrogen and oxygen atoms in total. The van der Waals surface area contributed by atoms with Crippen LogP contribution in [-0.2, 0) is 12.1 Å². The summed E-state index contributed by atoms with van der Waals surface area (Å²) in [4.78, 5) is 27.5. The summed E-state index contributed by atoms with van der Waals surface area (Å²) in [5.74, 6) is -0.332. The second-order valence-corrected chi connectivity index (χ2v) is 9.54. The number of aliphatic hydroxyl groups is 1. The van der Waals surface area contributed by atoms with E-state index in [0.29, 0.717) is 25.3 Å². The quantitative estimate of drug-likeness (QED) is 0.526. The van der Waals surface area contributed by atoms with Crippen LogP contribution < -0.4 is 10.1 Å². The lowest BCUT2D eigenvalue weighted by atomic mass is 10.0. The first-order valence-corrected chi connectivity index (χ1v) is 11.5. The second kappa shape index (κ2) is 10.3. The zero-order valence-corrected chi connectivity index (χ0v) is 20.3. The van der Waals surface area contributed by atoms with E-state index in [1.807, 2.05) is 23.6 Å². The molecule has 35 heavy (non-hydrogen) atoms. The van der Waals surface area contributed by atoms with Crippen LogP contribution >= 0.6 is 0 Å². The molecule has 2 amide bonds. The van der Waals surface area contributed by atoms with Gasteiger partial charge in [0, 0.05) is 43.8 Å². The second-order valence-electron chi connectivity index (χ2n) is 9.54. The number of halogens is 1. The van der Waals surface area contributed by atoms with E-state index in [1.165, 1.54) is 0 Å². The topological polar surface area (TPSA) is 123 Å². The maximum absolute atomic E-state index is 14.4. The van der Waals surface area contributed by atoms with Crippen molar-refractivity contribution in [3.8, 4) is 6.01 Å². The van der Waals surface area contributed by atoms with E-state index in [9.17, 15) is 9.18 Å². The van der Waals surface area contributed by atoms with Crippen LogP contribution in [0.15, 0.2) is 6.20 Å². The van der Waals surface area contributed by atoms with Gasteiger partial charge in [0.1, 0.15) is 0 Å². The number of anilines is 2. The zero-order chi connectivity index (χ0) is 24.6. The van der Waals surface area contributed by atoms with Crippen molar-refractivity contribution < 1.29 is 19.0 Å². The van der Waals surface area contributed by atoms with E-state index in [-0.39, 0.29) is 50.6 Å². The Morgan fingerprint density at radius 1 is 1.31 bits per heavy atom. The Kier molecular flexibility index (Phi) is 7.85. The molecule has 2 atom stereocenters. The molecule has 0 unspecified atom stereocenters. The average Bonchev–Trinajstić information content (AvgIpc) is 3.30. The van der Waals surface area contributed by atoms with Crippen molar-refractivity contribution in [2.24, 2.45) is 0 Å². The number of aliphatic hydroxyl groups excluding tert-OH is 1. The lowest BCUT2D eigenvalue weighted by Gasteiger charge is -2.45. The van der Waals surface area contributed by atoms with E-state index >= 15 is 0 Å². The third-order valence-corrected chi connectivity index (χ3v) is 6.74. The summed E-state index contributed by atoms with van der Waals surface area (Å²) in [7, 11) is 2.08. The third kappa shape index (κ3) is 5.03. The number of amides is 2. The number of nitrogens with zero attached hydrogens (tertiary/aromatic N) is 6. The Morgan fingerprint density at radius 3 is 2.77 bits per heavy atom. The molecule has 0 aromatic carbocycles. The number of rotatable bonds is 6. The maximum Gasteiger partial charge on any atom is 0.321 e. The molecule has 0 saturated carbocycles. The Morgan fingerprint density at radius 2 is 2.06 bits per heavy atom. The van der Waals surface area contributed by atoms with Gasteiger partial charge in [-0.3, -0.25) is 10.00 Å². The zero-order valence-electron chi connectivity index (χ0n) is 20.3.